The Hall–Kier alpha value is -4.21. The van der Waals surface area contributed by atoms with Crippen molar-refractivity contribution in [2.45, 2.75) is 66.1 Å². The van der Waals surface area contributed by atoms with Crippen LogP contribution >= 0.6 is 0 Å². The number of hydrazine groups is 1. The normalized spacial score (nSPS) is 12.4. The van der Waals surface area contributed by atoms with E-state index in [1.54, 1.807) is 48.5 Å². The Bertz CT molecular complexity index is 1150. The highest BCUT2D eigenvalue weighted by molar-refractivity contribution is 6.35. The largest absolute Gasteiger partial charge is 0.465 e. The van der Waals surface area contributed by atoms with Crippen LogP contribution in [0, 0.1) is 11.8 Å². The Morgan fingerprint density at radius 3 is 1.82 bits per heavy atom. The minimum Gasteiger partial charge on any atom is -0.465 e. The van der Waals surface area contributed by atoms with E-state index in [9.17, 15) is 29.1 Å². The van der Waals surface area contributed by atoms with Crippen LogP contribution in [0.25, 0.3) is 0 Å². The van der Waals surface area contributed by atoms with Crippen molar-refractivity contribution in [1.82, 2.24) is 20.7 Å². The molecule has 2 rings (SSSR count). The van der Waals surface area contributed by atoms with Gasteiger partial charge in [-0.15, -0.1) is 0 Å². The molecular weight excluding hydrogens is 512 g/mol. The Kier molecular flexibility index (Phi) is 12.3. The van der Waals surface area contributed by atoms with Crippen LogP contribution in [0.2, 0.25) is 0 Å². The van der Waals surface area contributed by atoms with Gasteiger partial charge in [-0.2, -0.15) is 0 Å². The molecule has 3 N–H and O–H groups in total. The molecule has 0 heterocycles. The summed E-state index contributed by atoms with van der Waals surface area (Å²) in [7, 11) is 0. The van der Waals surface area contributed by atoms with Gasteiger partial charge in [0.25, 0.3) is 5.91 Å². The first-order chi connectivity index (χ1) is 18.9. The van der Waals surface area contributed by atoms with E-state index in [2.05, 4.69) is 10.7 Å². The Labute approximate surface area is 235 Å². The van der Waals surface area contributed by atoms with E-state index in [1.807, 2.05) is 39.8 Å². The maximum Gasteiger partial charge on any atom is 0.408 e. The Balaban J connectivity index is 2.38. The smallest absolute Gasteiger partial charge is 0.408 e. The minimum absolute atomic E-state index is 0.00813. The quantitative estimate of drug-likeness (QED) is 0.257. The number of benzene rings is 2. The van der Waals surface area contributed by atoms with Crippen LogP contribution < -0.4 is 10.7 Å². The van der Waals surface area contributed by atoms with Gasteiger partial charge in [0, 0.05) is 26.4 Å². The number of carboxylic acid groups (broad SMARTS) is 1. The maximum absolute atomic E-state index is 13.7. The second kappa shape index (κ2) is 15.4. The third-order valence-electron chi connectivity index (χ3n) is 6.07. The van der Waals surface area contributed by atoms with Crippen LogP contribution in [0.15, 0.2) is 60.7 Å². The van der Waals surface area contributed by atoms with Crippen LogP contribution in [0.4, 0.5) is 4.79 Å². The van der Waals surface area contributed by atoms with E-state index in [0.717, 1.165) is 28.0 Å². The van der Waals surface area contributed by atoms with Gasteiger partial charge in [0.15, 0.2) is 0 Å². The first kappa shape index (κ1) is 32.0. The van der Waals surface area contributed by atoms with Gasteiger partial charge in [0.05, 0.1) is 0 Å². The molecule has 0 radical (unpaired) electrons. The van der Waals surface area contributed by atoms with Crippen LogP contribution in [0.1, 0.15) is 52.2 Å². The Morgan fingerprint density at radius 1 is 0.800 bits per heavy atom. The number of Topliss-reactive ketones (excluding diaryl/α,β-unsaturated/α-hetero) is 1. The molecule has 0 aromatic heterocycles. The molecule has 2 aromatic rings. The molecule has 0 aliphatic heterocycles. The summed E-state index contributed by atoms with van der Waals surface area (Å²) in [6.45, 7) is 8.64. The lowest BCUT2D eigenvalue weighted by molar-refractivity contribution is -0.150. The van der Waals surface area contributed by atoms with Gasteiger partial charge in [-0.25, -0.2) is 9.80 Å². The molecule has 0 bridgehead atoms. The van der Waals surface area contributed by atoms with E-state index in [4.69, 9.17) is 0 Å². The number of ketones is 1. The van der Waals surface area contributed by atoms with Crippen molar-refractivity contribution in [1.29, 1.82) is 0 Å². The van der Waals surface area contributed by atoms with E-state index in [-0.39, 0.29) is 37.8 Å². The number of nitrogens with zero attached hydrogens (tertiary/aromatic N) is 2. The predicted octanol–water partition coefficient (Wildman–Crippen LogP) is 3.41. The zero-order valence-corrected chi connectivity index (χ0v) is 23.8. The number of hydrogen-bond donors (Lipinski definition) is 3. The van der Waals surface area contributed by atoms with Crippen LogP contribution in [0.3, 0.4) is 0 Å². The highest BCUT2D eigenvalue weighted by Crippen LogP contribution is 2.17. The van der Waals surface area contributed by atoms with Crippen molar-refractivity contribution >= 4 is 29.6 Å². The number of hydrogen-bond acceptors (Lipinski definition) is 5. The summed E-state index contributed by atoms with van der Waals surface area (Å²) >= 11 is 0. The average Bonchev–Trinajstić information content (AvgIpc) is 2.89. The van der Waals surface area contributed by atoms with E-state index in [1.165, 1.54) is 0 Å². The molecule has 2 atom stereocenters. The molecule has 0 saturated heterocycles. The minimum atomic E-state index is -1.26. The summed E-state index contributed by atoms with van der Waals surface area (Å²) in [6.07, 6.45) is -0.946. The second-order valence-corrected chi connectivity index (χ2v) is 10.6. The molecule has 0 spiro atoms. The molecule has 0 fully saturated rings. The van der Waals surface area contributed by atoms with E-state index < -0.39 is 41.7 Å². The fourth-order valence-electron chi connectivity index (χ4n) is 4.19. The van der Waals surface area contributed by atoms with Gasteiger partial charge in [0.1, 0.15) is 12.1 Å². The van der Waals surface area contributed by atoms with Crippen LogP contribution in [0.5, 0.6) is 0 Å². The molecule has 216 valence electrons. The summed E-state index contributed by atoms with van der Waals surface area (Å²) < 4.78 is 0. The van der Waals surface area contributed by atoms with Gasteiger partial charge in [-0.1, -0.05) is 88.4 Å². The van der Waals surface area contributed by atoms with Gasteiger partial charge in [-0.3, -0.25) is 29.5 Å². The van der Waals surface area contributed by atoms with Crippen molar-refractivity contribution in [3.63, 3.8) is 0 Å². The molecule has 10 heteroatoms. The number of carbonyl (C=O) groups excluding carboxylic acids is 4. The summed E-state index contributed by atoms with van der Waals surface area (Å²) in [5.41, 5.74) is 3.97. The molecule has 0 saturated carbocycles. The molecule has 2 aromatic carbocycles. The van der Waals surface area contributed by atoms with Crippen molar-refractivity contribution in [3.05, 3.63) is 71.8 Å². The molecule has 0 unspecified atom stereocenters. The van der Waals surface area contributed by atoms with E-state index >= 15 is 0 Å². The molecule has 4 amide bonds. The van der Waals surface area contributed by atoms with Gasteiger partial charge in [0.2, 0.25) is 11.7 Å². The lowest BCUT2D eigenvalue weighted by Crippen LogP contribution is -2.59. The zero-order valence-electron chi connectivity index (χ0n) is 23.8. The fraction of sp³-hybridized carbons (Fsp3) is 0.433. The molecule has 0 aliphatic rings. The second-order valence-electron chi connectivity index (χ2n) is 10.6. The standard InChI is InChI=1S/C30H40N4O6/c1-20(2)16-26(33(30(39)40)19-24-14-10-7-11-15-24)28(37)31-25(17-23-12-8-6-9-13-23)27(36)32-34(18-21(3)4)29(38)22(5)35/h6-15,20-21,25-26H,16-19H2,1-5H3,(H,31,37)(H,32,36)(H,39,40)/t25-,26-/m0/s1. The number of carbonyl (C=O) groups is 5. The first-order valence-electron chi connectivity index (χ1n) is 13.4. The summed E-state index contributed by atoms with van der Waals surface area (Å²) in [5.74, 6) is -3.01. The number of rotatable bonds is 13. The van der Waals surface area contributed by atoms with Gasteiger partial charge < -0.3 is 10.4 Å². The maximum atomic E-state index is 13.7. The highest BCUT2D eigenvalue weighted by atomic mass is 16.4. The molecular formula is C30H40N4O6. The van der Waals surface area contributed by atoms with Crippen LogP contribution in [-0.4, -0.2) is 63.2 Å². The van der Waals surface area contributed by atoms with Crippen molar-refractivity contribution in [3.8, 4) is 0 Å². The number of amides is 4. The van der Waals surface area contributed by atoms with Crippen molar-refractivity contribution < 1.29 is 29.1 Å². The Morgan fingerprint density at radius 2 is 1.35 bits per heavy atom. The van der Waals surface area contributed by atoms with Crippen molar-refractivity contribution in [2.75, 3.05) is 6.54 Å². The van der Waals surface area contributed by atoms with Crippen LogP contribution in [-0.2, 0) is 32.1 Å². The fourth-order valence-corrected chi connectivity index (χ4v) is 4.19. The SMILES string of the molecule is CC(=O)C(=O)N(CC(C)C)NC(=O)[C@H](Cc1ccccc1)NC(=O)[C@H](CC(C)C)N(Cc1ccccc1)C(=O)O. The topological polar surface area (TPSA) is 136 Å². The zero-order chi connectivity index (χ0) is 29.8. The molecule has 10 nitrogen and oxygen atoms in total. The number of nitrogens with one attached hydrogen (secondary N) is 2. The van der Waals surface area contributed by atoms with Crippen molar-refractivity contribution in [2.24, 2.45) is 11.8 Å². The summed E-state index contributed by atoms with van der Waals surface area (Å²) in [6, 6.07) is 15.7. The van der Waals surface area contributed by atoms with Gasteiger partial charge >= 0.3 is 12.0 Å². The van der Waals surface area contributed by atoms with Gasteiger partial charge in [-0.05, 0) is 29.4 Å². The molecule has 0 aliphatic carbocycles. The third kappa shape index (κ3) is 10.2. The third-order valence-corrected chi connectivity index (χ3v) is 6.07. The predicted molar refractivity (Wildman–Crippen MR) is 151 cm³/mol. The summed E-state index contributed by atoms with van der Waals surface area (Å²) in [4.78, 5) is 64.9. The first-order valence-corrected chi connectivity index (χ1v) is 13.4. The highest BCUT2D eigenvalue weighted by Gasteiger charge is 2.34. The average molecular weight is 553 g/mol. The summed E-state index contributed by atoms with van der Waals surface area (Å²) in [5, 5.41) is 13.8. The monoisotopic (exact) mass is 552 g/mol. The lowest BCUT2D eigenvalue weighted by Gasteiger charge is -2.32. The van der Waals surface area contributed by atoms with E-state index in [0.29, 0.717) is 0 Å². The lowest BCUT2D eigenvalue weighted by atomic mass is 9.99. The molecule has 40 heavy (non-hydrogen) atoms.